The molecule has 170 valence electrons. The Kier molecular flexibility index (Phi) is 7.59. The maximum Gasteiger partial charge on any atom is 0.430 e. The van der Waals surface area contributed by atoms with E-state index < -0.39 is 29.5 Å². The summed E-state index contributed by atoms with van der Waals surface area (Å²) in [5, 5.41) is 18.4. The molecular formula is C18H22F6N2O4. The molecule has 2 amide bonds. The lowest BCUT2D eigenvalue weighted by Gasteiger charge is -2.34. The Morgan fingerprint density at radius 1 is 1.00 bits per heavy atom. The number of morpholine rings is 1. The molecule has 30 heavy (non-hydrogen) atoms. The molecule has 0 saturated carbocycles. The number of nitrogens with zero attached hydrogens (tertiary/aromatic N) is 2. The van der Waals surface area contributed by atoms with Gasteiger partial charge in [0.2, 0.25) is 0 Å². The van der Waals surface area contributed by atoms with Gasteiger partial charge in [0.05, 0.1) is 13.2 Å². The molecule has 1 saturated heterocycles. The molecule has 0 bridgehead atoms. The lowest BCUT2D eigenvalue weighted by molar-refractivity contribution is -0.376. The van der Waals surface area contributed by atoms with E-state index in [0.29, 0.717) is 38.2 Å². The second-order valence-corrected chi connectivity index (χ2v) is 6.72. The van der Waals surface area contributed by atoms with Crippen molar-refractivity contribution in [3.63, 3.8) is 0 Å². The van der Waals surface area contributed by atoms with E-state index in [1.54, 1.807) is 0 Å². The average Bonchev–Trinajstić information content (AvgIpc) is 2.69. The van der Waals surface area contributed by atoms with Gasteiger partial charge in [-0.05, 0) is 25.0 Å². The van der Waals surface area contributed by atoms with Crippen molar-refractivity contribution in [2.45, 2.75) is 30.8 Å². The second kappa shape index (κ2) is 9.40. The highest BCUT2D eigenvalue weighted by molar-refractivity contribution is 5.92. The zero-order valence-electron chi connectivity index (χ0n) is 15.8. The van der Waals surface area contributed by atoms with Gasteiger partial charge < -0.3 is 19.8 Å². The number of carbonyl (C=O) groups is 1. The number of aliphatic hydroxyl groups is 2. The van der Waals surface area contributed by atoms with Crippen LogP contribution in [0, 0.1) is 0 Å². The van der Waals surface area contributed by atoms with Gasteiger partial charge in [-0.3, -0.25) is 4.90 Å². The number of rotatable bonds is 6. The molecule has 0 unspecified atom stereocenters. The van der Waals surface area contributed by atoms with Crippen LogP contribution in [0.25, 0.3) is 0 Å². The first kappa shape index (κ1) is 24.2. The summed E-state index contributed by atoms with van der Waals surface area (Å²) in [6, 6.07) is 2.37. The first-order valence-electron chi connectivity index (χ1n) is 9.15. The average molecular weight is 444 g/mol. The Hall–Kier alpha value is -2.05. The van der Waals surface area contributed by atoms with Crippen molar-refractivity contribution in [1.82, 2.24) is 4.90 Å². The van der Waals surface area contributed by atoms with Crippen LogP contribution in [0.15, 0.2) is 24.3 Å². The Morgan fingerprint density at radius 3 is 2.00 bits per heavy atom. The molecule has 2 N–H and O–H groups in total. The third-order valence-corrected chi connectivity index (χ3v) is 4.72. The summed E-state index contributed by atoms with van der Waals surface area (Å²) < 4.78 is 83.4. The minimum Gasteiger partial charge on any atom is -0.396 e. The Bertz CT molecular complexity index is 688. The van der Waals surface area contributed by atoms with Crippen LogP contribution in [0.3, 0.4) is 0 Å². The second-order valence-electron chi connectivity index (χ2n) is 6.72. The first-order valence-corrected chi connectivity index (χ1v) is 9.15. The van der Waals surface area contributed by atoms with Gasteiger partial charge in [0.25, 0.3) is 5.60 Å². The summed E-state index contributed by atoms with van der Waals surface area (Å²) in [5.41, 5.74) is -6.37. The third-order valence-electron chi connectivity index (χ3n) is 4.72. The fraction of sp³-hybridized carbons (Fsp3) is 0.611. The number of aliphatic hydroxyl groups excluding tert-OH is 1. The number of unbranched alkanes of at least 4 members (excludes halogenated alkanes) is 1. The zero-order valence-corrected chi connectivity index (χ0v) is 15.8. The molecule has 0 spiro atoms. The third kappa shape index (κ3) is 4.98. The predicted octanol–water partition coefficient (Wildman–Crippen LogP) is 3.03. The summed E-state index contributed by atoms with van der Waals surface area (Å²) in [6.07, 6.45) is -11.3. The number of hydrogen-bond donors (Lipinski definition) is 2. The van der Waals surface area contributed by atoms with Gasteiger partial charge in [-0.15, -0.1) is 0 Å². The van der Waals surface area contributed by atoms with Gasteiger partial charge in [-0.1, -0.05) is 12.1 Å². The molecule has 1 aliphatic heterocycles. The molecule has 1 fully saturated rings. The topological polar surface area (TPSA) is 73.2 Å². The summed E-state index contributed by atoms with van der Waals surface area (Å²) in [7, 11) is 0. The SMILES string of the molecule is O=C(N1CCOCC1)N(CCCCO)c1ccc(C(O)(C(F)(F)F)C(F)(F)F)cc1. The highest BCUT2D eigenvalue weighted by atomic mass is 19.4. The van der Waals surface area contributed by atoms with Gasteiger partial charge in [0.15, 0.2) is 0 Å². The van der Waals surface area contributed by atoms with Crippen LogP contribution >= 0.6 is 0 Å². The van der Waals surface area contributed by atoms with Crippen molar-refractivity contribution in [3.8, 4) is 0 Å². The number of benzene rings is 1. The smallest absolute Gasteiger partial charge is 0.396 e. The summed E-state index contributed by atoms with van der Waals surface area (Å²) >= 11 is 0. The van der Waals surface area contributed by atoms with Crippen LogP contribution in [0.4, 0.5) is 36.8 Å². The Morgan fingerprint density at radius 2 is 1.53 bits per heavy atom. The van der Waals surface area contributed by atoms with Crippen LogP contribution in [-0.4, -0.2) is 73.0 Å². The molecule has 1 aliphatic rings. The summed E-state index contributed by atoms with van der Waals surface area (Å²) in [4.78, 5) is 15.5. The monoisotopic (exact) mass is 444 g/mol. The standard InChI is InChI=1S/C18H22F6N2O4/c19-17(20,21)16(29,18(22,23)24)13-3-5-14(6-4-13)26(7-1-2-10-27)15(28)25-8-11-30-12-9-25/h3-6,27,29H,1-2,7-12H2. The fourth-order valence-corrected chi connectivity index (χ4v) is 3.01. The van der Waals surface area contributed by atoms with Gasteiger partial charge in [0.1, 0.15) is 0 Å². The molecule has 1 aromatic carbocycles. The first-order chi connectivity index (χ1) is 13.9. The van der Waals surface area contributed by atoms with Gasteiger partial charge in [-0.25, -0.2) is 4.79 Å². The van der Waals surface area contributed by atoms with E-state index in [9.17, 15) is 36.2 Å². The molecule has 2 rings (SSSR count). The summed E-state index contributed by atoms with van der Waals surface area (Å²) in [6.45, 7) is 1.14. The number of hydrogen-bond acceptors (Lipinski definition) is 4. The Balaban J connectivity index is 2.35. The van der Waals surface area contributed by atoms with E-state index >= 15 is 0 Å². The summed E-state index contributed by atoms with van der Waals surface area (Å²) in [5.74, 6) is 0. The number of ether oxygens (including phenoxy) is 1. The molecule has 0 aliphatic carbocycles. The number of carbonyl (C=O) groups excluding carboxylic acids is 1. The number of urea groups is 1. The molecule has 0 aromatic heterocycles. The zero-order chi connectivity index (χ0) is 22.6. The molecule has 1 heterocycles. The van der Waals surface area contributed by atoms with Crippen LogP contribution in [-0.2, 0) is 10.3 Å². The highest BCUT2D eigenvalue weighted by Crippen LogP contribution is 2.50. The Labute approximate surface area is 168 Å². The van der Waals surface area contributed by atoms with E-state index in [1.807, 2.05) is 0 Å². The molecule has 6 nitrogen and oxygen atoms in total. The van der Waals surface area contributed by atoms with E-state index in [2.05, 4.69) is 0 Å². The minimum atomic E-state index is -5.99. The highest BCUT2D eigenvalue weighted by Gasteiger charge is 2.71. The lowest BCUT2D eigenvalue weighted by atomic mass is 9.92. The maximum absolute atomic E-state index is 13.0. The van der Waals surface area contributed by atoms with Crippen molar-refractivity contribution in [2.24, 2.45) is 0 Å². The van der Waals surface area contributed by atoms with Crippen molar-refractivity contribution in [1.29, 1.82) is 0 Å². The fourth-order valence-electron chi connectivity index (χ4n) is 3.01. The van der Waals surface area contributed by atoms with Crippen LogP contribution < -0.4 is 4.90 Å². The molecule has 0 radical (unpaired) electrons. The van der Waals surface area contributed by atoms with Gasteiger partial charge in [-0.2, -0.15) is 26.3 Å². The number of halogens is 6. The molecular weight excluding hydrogens is 422 g/mol. The minimum absolute atomic E-state index is 0.0693. The van der Waals surface area contributed by atoms with Crippen molar-refractivity contribution >= 4 is 11.7 Å². The van der Waals surface area contributed by atoms with E-state index in [0.717, 1.165) is 12.1 Å². The normalized spacial score (nSPS) is 15.9. The van der Waals surface area contributed by atoms with Crippen molar-refractivity contribution in [3.05, 3.63) is 29.8 Å². The van der Waals surface area contributed by atoms with Crippen molar-refractivity contribution < 1.29 is 46.1 Å². The van der Waals surface area contributed by atoms with E-state index in [4.69, 9.17) is 9.84 Å². The molecule has 1 aromatic rings. The lowest BCUT2D eigenvalue weighted by Crippen LogP contribution is -2.54. The van der Waals surface area contributed by atoms with Gasteiger partial charge >= 0.3 is 18.4 Å². The molecule has 12 heteroatoms. The van der Waals surface area contributed by atoms with Crippen LogP contribution in [0.1, 0.15) is 18.4 Å². The predicted molar refractivity (Wildman–Crippen MR) is 93.9 cm³/mol. The quantitative estimate of drug-likeness (QED) is 0.523. The van der Waals surface area contributed by atoms with E-state index in [-0.39, 0.29) is 31.9 Å². The van der Waals surface area contributed by atoms with Crippen LogP contribution in [0.2, 0.25) is 0 Å². The number of anilines is 1. The number of alkyl halides is 6. The van der Waals surface area contributed by atoms with Crippen LogP contribution in [0.5, 0.6) is 0 Å². The number of amides is 2. The van der Waals surface area contributed by atoms with Crippen molar-refractivity contribution in [2.75, 3.05) is 44.4 Å². The van der Waals surface area contributed by atoms with Gasteiger partial charge in [0, 0.05) is 37.5 Å². The maximum atomic E-state index is 13.0. The van der Waals surface area contributed by atoms with E-state index in [1.165, 1.54) is 9.80 Å². The largest absolute Gasteiger partial charge is 0.430 e. The molecule has 0 atom stereocenters.